The van der Waals surface area contributed by atoms with Crippen molar-refractivity contribution in [1.82, 2.24) is 4.90 Å². The van der Waals surface area contributed by atoms with Gasteiger partial charge < -0.3 is 24.1 Å². The number of benzene rings is 3. The summed E-state index contributed by atoms with van der Waals surface area (Å²) < 4.78 is 21.4. The summed E-state index contributed by atoms with van der Waals surface area (Å²) in [4.78, 5) is 14.4. The monoisotopic (exact) mass is 449 g/mol. The Bertz CT molecular complexity index is 1080. The molecular weight excluding hydrogens is 422 g/mol. The van der Waals surface area contributed by atoms with E-state index in [0.29, 0.717) is 29.0 Å². The van der Waals surface area contributed by atoms with Crippen molar-refractivity contribution in [3.05, 3.63) is 89.5 Å². The van der Waals surface area contributed by atoms with Gasteiger partial charge in [-0.3, -0.25) is 4.90 Å². The molecule has 2 unspecified atom stereocenters. The van der Waals surface area contributed by atoms with Gasteiger partial charge in [0, 0.05) is 12.1 Å². The van der Waals surface area contributed by atoms with Gasteiger partial charge in [-0.2, -0.15) is 0 Å². The van der Waals surface area contributed by atoms with Crippen LogP contribution in [0.2, 0.25) is 0 Å². The summed E-state index contributed by atoms with van der Waals surface area (Å²) in [7, 11) is 4.77. The maximum absolute atomic E-state index is 13.0. The van der Waals surface area contributed by atoms with E-state index in [1.807, 2.05) is 24.3 Å². The van der Waals surface area contributed by atoms with E-state index in [0.717, 1.165) is 11.3 Å². The highest BCUT2D eigenvalue weighted by Crippen LogP contribution is 2.47. The Balaban J connectivity index is 1.68. The fourth-order valence-corrected chi connectivity index (χ4v) is 4.04. The lowest BCUT2D eigenvalue weighted by Crippen LogP contribution is -2.46. The molecule has 3 aromatic rings. The number of nitrogens with zero attached hydrogens (tertiary/aromatic N) is 1. The topological polar surface area (TPSA) is 77.5 Å². The average molecular weight is 450 g/mol. The Labute approximate surface area is 193 Å². The van der Waals surface area contributed by atoms with Crippen molar-refractivity contribution in [3.63, 3.8) is 0 Å². The number of cyclic esters (lactones) is 1. The van der Waals surface area contributed by atoms with Crippen LogP contribution in [0.25, 0.3) is 0 Å². The van der Waals surface area contributed by atoms with E-state index in [1.165, 1.54) is 4.90 Å². The van der Waals surface area contributed by atoms with Crippen molar-refractivity contribution in [3.8, 4) is 17.2 Å². The van der Waals surface area contributed by atoms with Crippen LogP contribution in [-0.2, 0) is 16.9 Å². The number of carbonyl (C=O) groups is 1. The minimum absolute atomic E-state index is 0.264. The number of hydrogen-bond donors (Lipinski definition) is 1. The molecule has 1 aliphatic rings. The summed E-state index contributed by atoms with van der Waals surface area (Å²) in [5, 5.41) is 12.0. The molecule has 0 bridgehead atoms. The fourth-order valence-electron chi connectivity index (χ4n) is 4.04. The van der Waals surface area contributed by atoms with Crippen LogP contribution in [0.3, 0.4) is 0 Å². The third-order valence-electron chi connectivity index (χ3n) is 5.93. The second-order valence-electron chi connectivity index (χ2n) is 7.74. The summed E-state index contributed by atoms with van der Waals surface area (Å²) in [6.45, 7) is 0.264. The largest absolute Gasteiger partial charge is 0.497 e. The van der Waals surface area contributed by atoms with E-state index in [4.69, 9.17) is 18.9 Å². The smallest absolute Gasteiger partial charge is 0.413 e. The first kappa shape index (κ1) is 22.5. The average Bonchev–Trinajstić information content (AvgIpc) is 3.13. The second kappa shape index (κ2) is 9.42. The number of amides is 1. The van der Waals surface area contributed by atoms with Crippen LogP contribution >= 0.6 is 0 Å². The summed E-state index contributed by atoms with van der Waals surface area (Å²) in [5.41, 5.74) is 0.498. The van der Waals surface area contributed by atoms with Gasteiger partial charge in [0.1, 0.15) is 17.2 Å². The van der Waals surface area contributed by atoms with Gasteiger partial charge in [0.25, 0.3) is 0 Å². The number of hydrogen-bond acceptors (Lipinski definition) is 6. The maximum Gasteiger partial charge on any atom is 0.413 e. The van der Waals surface area contributed by atoms with Crippen LogP contribution in [-0.4, -0.2) is 44.0 Å². The third-order valence-corrected chi connectivity index (χ3v) is 5.93. The number of ether oxygens (including phenoxy) is 4. The summed E-state index contributed by atoms with van der Waals surface area (Å²) in [5.74, 6) is 2.08. The minimum atomic E-state index is -1.70. The summed E-state index contributed by atoms with van der Waals surface area (Å²) in [6.07, 6.45) is -0.963. The van der Waals surface area contributed by atoms with Crippen molar-refractivity contribution in [1.29, 1.82) is 0 Å². The van der Waals surface area contributed by atoms with Gasteiger partial charge in [-0.15, -0.1) is 0 Å². The van der Waals surface area contributed by atoms with Gasteiger partial charge >= 0.3 is 6.09 Å². The first-order valence-corrected chi connectivity index (χ1v) is 10.6. The fraction of sp³-hybridized carbons (Fsp3) is 0.269. The molecule has 7 heteroatoms. The molecule has 33 heavy (non-hydrogen) atoms. The van der Waals surface area contributed by atoms with E-state index in [1.54, 1.807) is 69.9 Å². The molecule has 1 N–H and O–H groups in total. The first-order chi connectivity index (χ1) is 16.0. The van der Waals surface area contributed by atoms with E-state index in [2.05, 4.69) is 0 Å². The van der Waals surface area contributed by atoms with Crippen LogP contribution in [0.5, 0.6) is 17.2 Å². The van der Waals surface area contributed by atoms with Crippen LogP contribution in [0, 0.1) is 0 Å². The van der Waals surface area contributed by atoms with E-state index in [9.17, 15) is 9.90 Å². The molecule has 3 aromatic carbocycles. The van der Waals surface area contributed by atoms with Crippen LogP contribution < -0.4 is 14.2 Å². The zero-order valence-corrected chi connectivity index (χ0v) is 18.9. The Kier molecular flexibility index (Phi) is 6.42. The molecule has 0 radical (unpaired) electrons. The van der Waals surface area contributed by atoms with E-state index < -0.39 is 17.9 Å². The number of methoxy groups -OCH3 is 3. The highest BCUT2D eigenvalue weighted by atomic mass is 16.6. The maximum atomic E-state index is 13.0. The van der Waals surface area contributed by atoms with Crippen LogP contribution in [0.15, 0.2) is 72.8 Å². The molecule has 0 spiro atoms. The molecule has 0 aromatic heterocycles. The standard InChI is InChI=1S/C26H27NO6/c1-30-21-10-4-18(5-11-21)16-17-27-25(28)33-24(19-6-12-22(31-2)13-7-19)26(27,29)20-8-14-23(32-3)15-9-20/h4-15,24,29H,16-17H2,1-3H3. The lowest BCUT2D eigenvalue weighted by Gasteiger charge is -2.35. The molecule has 0 aliphatic carbocycles. The molecule has 0 saturated carbocycles. The predicted molar refractivity (Wildman–Crippen MR) is 123 cm³/mol. The van der Waals surface area contributed by atoms with Gasteiger partial charge in [-0.1, -0.05) is 36.4 Å². The molecule has 1 aliphatic heterocycles. The Morgan fingerprint density at radius 1 is 0.818 bits per heavy atom. The van der Waals surface area contributed by atoms with Crippen LogP contribution in [0.1, 0.15) is 22.8 Å². The highest BCUT2D eigenvalue weighted by molar-refractivity contribution is 5.72. The van der Waals surface area contributed by atoms with Gasteiger partial charge in [0.15, 0.2) is 6.10 Å². The molecule has 2 atom stereocenters. The normalized spacial score (nSPS) is 19.8. The SMILES string of the molecule is COc1ccc(CCN2C(=O)OC(c3ccc(OC)cc3)C2(O)c2ccc(OC)cc2)cc1. The van der Waals surface area contributed by atoms with Crippen LogP contribution in [0.4, 0.5) is 4.79 Å². The summed E-state index contributed by atoms with van der Waals surface area (Å²) in [6, 6.07) is 21.7. The lowest BCUT2D eigenvalue weighted by molar-refractivity contribution is -0.109. The Morgan fingerprint density at radius 2 is 1.30 bits per heavy atom. The van der Waals surface area contributed by atoms with Crippen molar-refractivity contribution >= 4 is 6.09 Å². The first-order valence-electron chi connectivity index (χ1n) is 10.6. The minimum Gasteiger partial charge on any atom is -0.497 e. The van der Waals surface area contributed by atoms with Gasteiger partial charge in [0.2, 0.25) is 5.72 Å². The molecule has 4 rings (SSSR count). The van der Waals surface area contributed by atoms with Crippen molar-refractivity contribution < 1.29 is 28.8 Å². The molecule has 1 heterocycles. The predicted octanol–water partition coefficient (Wildman–Crippen LogP) is 4.29. The van der Waals surface area contributed by atoms with E-state index in [-0.39, 0.29) is 6.54 Å². The number of aliphatic hydroxyl groups is 1. The van der Waals surface area contributed by atoms with Crippen molar-refractivity contribution in [2.24, 2.45) is 0 Å². The Morgan fingerprint density at radius 3 is 1.82 bits per heavy atom. The van der Waals surface area contributed by atoms with E-state index >= 15 is 0 Å². The molecule has 7 nitrogen and oxygen atoms in total. The van der Waals surface area contributed by atoms with Gasteiger partial charge in [-0.25, -0.2) is 4.79 Å². The number of carbonyl (C=O) groups excluding carboxylic acids is 1. The second-order valence-corrected chi connectivity index (χ2v) is 7.74. The Hall–Kier alpha value is -3.71. The molecule has 172 valence electrons. The van der Waals surface area contributed by atoms with Gasteiger partial charge in [0.05, 0.1) is 21.3 Å². The van der Waals surface area contributed by atoms with Gasteiger partial charge in [-0.05, 0) is 53.9 Å². The molecule has 1 saturated heterocycles. The molecular formula is C26H27NO6. The molecule has 1 fully saturated rings. The number of rotatable bonds is 8. The zero-order valence-electron chi connectivity index (χ0n) is 18.9. The summed E-state index contributed by atoms with van der Waals surface area (Å²) >= 11 is 0. The van der Waals surface area contributed by atoms with Crippen molar-refractivity contribution in [2.45, 2.75) is 18.2 Å². The third kappa shape index (κ3) is 4.32. The zero-order chi connectivity index (χ0) is 23.4. The van der Waals surface area contributed by atoms with Crippen molar-refractivity contribution in [2.75, 3.05) is 27.9 Å². The highest BCUT2D eigenvalue weighted by Gasteiger charge is 2.55. The quantitative estimate of drug-likeness (QED) is 0.553. The molecule has 1 amide bonds. The lowest BCUT2D eigenvalue weighted by atomic mass is 9.91.